The molecule has 3 heterocycles. The van der Waals surface area contributed by atoms with Gasteiger partial charge in [-0.25, -0.2) is 4.98 Å². The molecule has 4 rings (SSSR count). The van der Waals surface area contributed by atoms with Gasteiger partial charge in [-0.1, -0.05) is 0 Å². The second kappa shape index (κ2) is 7.23. The summed E-state index contributed by atoms with van der Waals surface area (Å²) in [6.45, 7) is 0. The van der Waals surface area contributed by atoms with E-state index in [1.54, 1.807) is 11.1 Å². The summed E-state index contributed by atoms with van der Waals surface area (Å²) in [5.41, 5.74) is 8.39. The minimum Gasteiger partial charge on any atom is -0.384 e. The number of aromatic nitrogens is 1. The highest BCUT2D eigenvalue weighted by atomic mass is 79.9. The molecule has 0 amide bonds. The van der Waals surface area contributed by atoms with Gasteiger partial charge in [0.15, 0.2) is 5.78 Å². The number of carbonyl (C=O) groups is 1. The Kier molecular flexibility index (Phi) is 4.93. The molecule has 1 unspecified atom stereocenters. The number of ketones is 1. The van der Waals surface area contributed by atoms with Gasteiger partial charge in [-0.3, -0.25) is 9.69 Å². The van der Waals surface area contributed by atoms with Gasteiger partial charge in [0.2, 0.25) is 0 Å². The van der Waals surface area contributed by atoms with Crippen LogP contribution in [0.2, 0.25) is 0 Å². The van der Waals surface area contributed by atoms with E-state index in [0.29, 0.717) is 29.2 Å². The second-order valence-electron chi connectivity index (χ2n) is 6.29. The van der Waals surface area contributed by atoms with E-state index in [0.717, 1.165) is 31.7 Å². The van der Waals surface area contributed by atoms with Crippen LogP contribution in [0.5, 0.6) is 0 Å². The van der Waals surface area contributed by atoms with E-state index < -0.39 is 5.92 Å². The molecule has 5 nitrogen and oxygen atoms in total. The lowest BCUT2D eigenvalue weighted by Gasteiger charge is -2.38. The van der Waals surface area contributed by atoms with Crippen molar-refractivity contribution in [3.63, 3.8) is 0 Å². The van der Waals surface area contributed by atoms with Gasteiger partial charge in [0.25, 0.3) is 0 Å². The van der Waals surface area contributed by atoms with Crippen molar-refractivity contribution in [1.29, 1.82) is 5.26 Å². The Morgan fingerprint density at radius 2 is 2.07 bits per heavy atom. The van der Waals surface area contributed by atoms with Gasteiger partial charge in [-0.2, -0.15) is 5.26 Å². The van der Waals surface area contributed by atoms with Crippen LogP contribution in [0.3, 0.4) is 0 Å². The van der Waals surface area contributed by atoms with E-state index in [2.05, 4.69) is 42.9 Å². The summed E-state index contributed by atoms with van der Waals surface area (Å²) in [6.07, 6.45) is 3.66. The van der Waals surface area contributed by atoms with Crippen LogP contribution >= 0.6 is 43.2 Å². The van der Waals surface area contributed by atoms with Gasteiger partial charge in [-0.15, -0.1) is 11.3 Å². The number of halogens is 2. The Morgan fingerprint density at radius 1 is 1.26 bits per heavy atom. The average Bonchev–Trinajstić information content (AvgIpc) is 3.08. The van der Waals surface area contributed by atoms with Crippen LogP contribution in [-0.2, 0) is 4.79 Å². The van der Waals surface area contributed by atoms with Crippen molar-refractivity contribution in [3.05, 3.63) is 66.3 Å². The zero-order chi connectivity index (χ0) is 19.1. The molecule has 2 aromatic heterocycles. The molecule has 1 aliphatic carbocycles. The molecule has 27 heavy (non-hydrogen) atoms. The average molecular weight is 506 g/mol. The highest BCUT2D eigenvalue weighted by Gasteiger charge is 2.41. The van der Waals surface area contributed by atoms with Crippen molar-refractivity contribution in [3.8, 4) is 6.07 Å². The highest BCUT2D eigenvalue weighted by Crippen LogP contribution is 2.47. The van der Waals surface area contributed by atoms with E-state index in [9.17, 15) is 10.1 Å². The molecular formula is C19H14Br2N4OS. The SMILES string of the molecule is N#CC1=C(N)N(c2ccc(Br)cn2)C2=C(C(=O)CCC2)C1c1ccc(Br)s1. The number of nitrogens with two attached hydrogens (primary N) is 1. The first-order valence-corrected chi connectivity index (χ1v) is 10.7. The highest BCUT2D eigenvalue weighted by molar-refractivity contribution is 9.11. The third kappa shape index (κ3) is 3.14. The third-order valence-corrected chi connectivity index (χ3v) is 6.89. The van der Waals surface area contributed by atoms with Crippen molar-refractivity contribution in [2.75, 3.05) is 4.90 Å². The number of carbonyl (C=O) groups excluding carboxylic acids is 1. The molecule has 2 aromatic rings. The third-order valence-electron chi connectivity index (χ3n) is 4.73. The molecule has 0 spiro atoms. The topological polar surface area (TPSA) is 83.0 Å². The number of nitriles is 1. The molecule has 0 fully saturated rings. The number of Topliss-reactive ketones (excluding diaryl/α,β-unsaturated/α-hetero) is 1. The zero-order valence-corrected chi connectivity index (χ0v) is 18.1. The number of hydrogen-bond acceptors (Lipinski definition) is 6. The Labute approximate surface area is 177 Å². The normalized spacial score (nSPS) is 20.0. The monoisotopic (exact) mass is 504 g/mol. The lowest BCUT2D eigenvalue weighted by atomic mass is 9.78. The van der Waals surface area contributed by atoms with E-state index in [1.165, 1.54) is 11.3 Å². The number of thiophene rings is 1. The molecule has 0 radical (unpaired) electrons. The molecule has 2 N–H and O–H groups in total. The zero-order valence-electron chi connectivity index (χ0n) is 14.1. The lowest BCUT2D eigenvalue weighted by Crippen LogP contribution is -2.38. The number of anilines is 1. The summed E-state index contributed by atoms with van der Waals surface area (Å²) in [7, 11) is 0. The molecule has 2 aliphatic rings. The predicted molar refractivity (Wildman–Crippen MR) is 112 cm³/mol. The summed E-state index contributed by atoms with van der Waals surface area (Å²) in [6, 6.07) is 9.84. The number of nitrogens with zero attached hydrogens (tertiary/aromatic N) is 3. The molecule has 0 saturated carbocycles. The summed E-state index contributed by atoms with van der Waals surface area (Å²) in [5.74, 6) is 0.612. The van der Waals surface area contributed by atoms with E-state index in [-0.39, 0.29) is 5.78 Å². The Morgan fingerprint density at radius 3 is 2.70 bits per heavy atom. The maximum absolute atomic E-state index is 12.9. The Hall–Kier alpha value is -1.95. The van der Waals surface area contributed by atoms with Crippen LogP contribution in [0.4, 0.5) is 5.82 Å². The summed E-state index contributed by atoms with van der Waals surface area (Å²) >= 11 is 8.38. The van der Waals surface area contributed by atoms with Crippen molar-refractivity contribution >= 4 is 54.8 Å². The summed E-state index contributed by atoms with van der Waals surface area (Å²) < 4.78 is 1.80. The van der Waals surface area contributed by atoms with Crippen LogP contribution < -0.4 is 10.6 Å². The van der Waals surface area contributed by atoms with Crippen molar-refractivity contribution in [1.82, 2.24) is 4.98 Å². The summed E-state index contributed by atoms with van der Waals surface area (Å²) in [4.78, 5) is 20.1. The van der Waals surface area contributed by atoms with Gasteiger partial charge < -0.3 is 5.73 Å². The number of pyridine rings is 1. The first kappa shape index (κ1) is 18.4. The molecule has 1 aliphatic heterocycles. The predicted octanol–water partition coefficient (Wildman–Crippen LogP) is 4.97. The van der Waals surface area contributed by atoms with Crippen molar-refractivity contribution in [2.45, 2.75) is 25.2 Å². The fourth-order valence-electron chi connectivity index (χ4n) is 3.62. The maximum atomic E-state index is 12.9. The van der Waals surface area contributed by atoms with Crippen LogP contribution in [0.15, 0.2) is 61.4 Å². The quantitative estimate of drug-likeness (QED) is 0.622. The Balaban J connectivity index is 1.96. The second-order valence-corrected chi connectivity index (χ2v) is 9.70. The number of rotatable bonds is 2. The van der Waals surface area contributed by atoms with E-state index in [1.807, 2.05) is 24.3 Å². The molecule has 0 bridgehead atoms. The first-order valence-electron chi connectivity index (χ1n) is 8.34. The smallest absolute Gasteiger partial charge is 0.161 e. The molecule has 8 heteroatoms. The Bertz CT molecular complexity index is 1030. The van der Waals surface area contributed by atoms with Crippen LogP contribution in [0.25, 0.3) is 0 Å². The van der Waals surface area contributed by atoms with Crippen molar-refractivity contribution < 1.29 is 4.79 Å². The van der Waals surface area contributed by atoms with Gasteiger partial charge in [0.05, 0.1) is 21.3 Å². The molecular weight excluding hydrogens is 492 g/mol. The van der Waals surface area contributed by atoms with Crippen LogP contribution in [0.1, 0.15) is 30.1 Å². The molecule has 0 saturated heterocycles. The minimum absolute atomic E-state index is 0.0770. The van der Waals surface area contributed by atoms with E-state index in [4.69, 9.17) is 5.73 Å². The lowest BCUT2D eigenvalue weighted by molar-refractivity contribution is -0.116. The largest absolute Gasteiger partial charge is 0.384 e. The fourth-order valence-corrected chi connectivity index (χ4v) is 5.39. The van der Waals surface area contributed by atoms with E-state index >= 15 is 0 Å². The number of allylic oxidation sites excluding steroid dienone is 3. The molecule has 0 aromatic carbocycles. The van der Waals surface area contributed by atoms with Gasteiger partial charge in [-0.05, 0) is 69.0 Å². The summed E-state index contributed by atoms with van der Waals surface area (Å²) in [5, 5.41) is 9.90. The minimum atomic E-state index is -0.416. The van der Waals surface area contributed by atoms with Crippen LogP contribution in [-0.4, -0.2) is 10.8 Å². The fraction of sp³-hybridized carbons (Fsp3) is 0.211. The van der Waals surface area contributed by atoms with Crippen molar-refractivity contribution in [2.24, 2.45) is 5.73 Å². The van der Waals surface area contributed by atoms with Crippen LogP contribution in [0, 0.1) is 11.3 Å². The molecule has 1 atom stereocenters. The van der Waals surface area contributed by atoms with Gasteiger partial charge in [0.1, 0.15) is 11.6 Å². The maximum Gasteiger partial charge on any atom is 0.161 e. The first-order chi connectivity index (χ1) is 13.0. The number of hydrogen-bond donors (Lipinski definition) is 1. The standard InChI is InChI=1S/C19H14Br2N4OS/c20-10-4-7-16(24-9-10)25-12-2-1-3-13(26)18(12)17(11(8-22)19(25)23)14-5-6-15(21)27-14/h4-7,9,17H,1-3,23H2. The molecule has 136 valence electrons. The van der Waals surface area contributed by atoms with Gasteiger partial charge in [0, 0.05) is 33.2 Å². The van der Waals surface area contributed by atoms with Gasteiger partial charge >= 0.3 is 0 Å².